The number of imidazole rings is 1. The molecular weight excluding hydrogens is 560 g/mol. The predicted octanol–water partition coefficient (Wildman–Crippen LogP) is 6.82. The van der Waals surface area contributed by atoms with Crippen molar-refractivity contribution in [3.8, 4) is 11.3 Å². The molecule has 7 rings (SSSR count). The highest BCUT2D eigenvalue weighted by Gasteiger charge is 2.37. The molecular formula is C32H32F4N6O. The maximum absolute atomic E-state index is 17.0. The lowest BCUT2D eigenvalue weighted by molar-refractivity contribution is -0.0221. The lowest BCUT2D eigenvalue weighted by Crippen LogP contribution is -2.39. The number of nitrogens with zero attached hydrogens (tertiary/aromatic N) is 6. The van der Waals surface area contributed by atoms with E-state index in [0.29, 0.717) is 42.5 Å². The van der Waals surface area contributed by atoms with E-state index >= 15 is 8.78 Å². The lowest BCUT2D eigenvalue weighted by atomic mass is 9.88. The van der Waals surface area contributed by atoms with Gasteiger partial charge in [-0.05, 0) is 56.0 Å². The fourth-order valence-electron chi connectivity index (χ4n) is 6.85. The predicted molar refractivity (Wildman–Crippen MR) is 156 cm³/mol. The minimum absolute atomic E-state index is 0.0378. The van der Waals surface area contributed by atoms with Gasteiger partial charge in [0.2, 0.25) is 0 Å². The third-order valence-corrected chi connectivity index (χ3v) is 9.01. The van der Waals surface area contributed by atoms with E-state index in [2.05, 4.69) is 9.97 Å². The number of rotatable bonds is 5. The molecule has 11 heteroatoms. The van der Waals surface area contributed by atoms with E-state index < -0.39 is 23.6 Å². The van der Waals surface area contributed by atoms with Crippen molar-refractivity contribution < 1.29 is 22.3 Å². The smallest absolute Gasteiger partial charge is 0.251 e. The van der Waals surface area contributed by atoms with Crippen LogP contribution in [0.25, 0.3) is 33.2 Å². The van der Waals surface area contributed by atoms with Crippen molar-refractivity contribution in [2.24, 2.45) is 13.0 Å². The number of aromatic nitrogens is 5. The second kappa shape index (κ2) is 10.6. The van der Waals surface area contributed by atoms with Crippen LogP contribution < -0.4 is 4.90 Å². The highest BCUT2D eigenvalue weighted by molar-refractivity contribution is 6.08. The van der Waals surface area contributed by atoms with Crippen molar-refractivity contribution in [1.29, 1.82) is 0 Å². The number of pyridine rings is 2. The molecule has 0 spiro atoms. The third-order valence-electron chi connectivity index (χ3n) is 9.01. The molecule has 5 aromatic rings. The molecule has 0 unspecified atom stereocenters. The van der Waals surface area contributed by atoms with Gasteiger partial charge in [0, 0.05) is 69.5 Å². The molecule has 1 atom stereocenters. The number of anilines is 1. The highest BCUT2D eigenvalue weighted by Crippen LogP contribution is 2.44. The number of benzene rings is 1. The average Bonchev–Trinajstić information content (AvgIpc) is 3.51. The number of hydrogen-bond donors (Lipinski definition) is 0. The van der Waals surface area contributed by atoms with Gasteiger partial charge in [0.15, 0.2) is 5.82 Å². The number of hydrogen-bond acceptors (Lipinski definition) is 5. The summed E-state index contributed by atoms with van der Waals surface area (Å²) in [6, 6.07) is 7.67. The average molecular weight is 593 g/mol. The Morgan fingerprint density at radius 1 is 1.02 bits per heavy atom. The van der Waals surface area contributed by atoms with Gasteiger partial charge in [-0.25, -0.2) is 22.5 Å². The summed E-state index contributed by atoms with van der Waals surface area (Å²) >= 11 is 0. The van der Waals surface area contributed by atoms with Crippen LogP contribution in [0.1, 0.15) is 43.1 Å². The molecule has 2 aliphatic rings. The minimum Gasteiger partial charge on any atom is -0.381 e. The van der Waals surface area contributed by atoms with Crippen LogP contribution in [0.15, 0.2) is 49.1 Å². The summed E-state index contributed by atoms with van der Waals surface area (Å²) < 4.78 is 70.0. The molecule has 0 amide bonds. The zero-order valence-electron chi connectivity index (χ0n) is 24.0. The van der Waals surface area contributed by atoms with Gasteiger partial charge < -0.3 is 18.8 Å². The lowest BCUT2D eigenvalue weighted by Gasteiger charge is -2.34. The zero-order valence-corrected chi connectivity index (χ0v) is 24.0. The van der Waals surface area contributed by atoms with Crippen molar-refractivity contribution in [3.05, 3.63) is 72.1 Å². The van der Waals surface area contributed by atoms with Gasteiger partial charge in [-0.15, -0.1) is 0 Å². The van der Waals surface area contributed by atoms with Crippen molar-refractivity contribution in [2.45, 2.75) is 44.6 Å². The molecule has 0 aliphatic carbocycles. The van der Waals surface area contributed by atoms with Crippen molar-refractivity contribution in [2.75, 3.05) is 31.2 Å². The van der Waals surface area contributed by atoms with Gasteiger partial charge in [0.1, 0.15) is 5.82 Å². The van der Waals surface area contributed by atoms with Gasteiger partial charge in [-0.2, -0.15) is 0 Å². The van der Waals surface area contributed by atoms with Crippen LogP contribution in [0.5, 0.6) is 0 Å². The van der Waals surface area contributed by atoms with E-state index in [1.165, 1.54) is 6.07 Å². The molecule has 0 bridgehead atoms. The molecule has 2 fully saturated rings. The topological polar surface area (TPSA) is 61.0 Å². The summed E-state index contributed by atoms with van der Waals surface area (Å²) in [7, 11) is 1.90. The van der Waals surface area contributed by atoms with Gasteiger partial charge in [0.25, 0.3) is 5.92 Å². The number of alkyl halides is 2. The first kappa shape index (κ1) is 27.8. The van der Waals surface area contributed by atoms with Gasteiger partial charge in [0.05, 0.1) is 51.7 Å². The van der Waals surface area contributed by atoms with Gasteiger partial charge in [-0.3, -0.25) is 9.97 Å². The normalized spacial score (nSPS) is 18.5. The van der Waals surface area contributed by atoms with Crippen LogP contribution >= 0.6 is 0 Å². The number of piperidine rings is 1. The Kier molecular flexibility index (Phi) is 6.87. The third kappa shape index (κ3) is 4.74. The molecule has 6 heterocycles. The summed E-state index contributed by atoms with van der Waals surface area (Å²) in [5, 5.41) is 0.570. The molecule has 224 valence electrons. The molecule has 43 heavy (non-hydrogen) atoms. The molecule has 2 saturated heterocycles. The van der Waals surface area contributed by atoms with Crippen molar-refractivity contribution >= 4 is 27.6 Å². The summed E-state index contributed by atoms with van der Waals surface area (Å²) in [5.74, 6) is -3.88. The van der Waals surface area contributed by atoms with Crippen LogP contribution in [0, 0.1) is 24.5 Å². The SMILES string of the molecule is Cc1ncn(C)c1-c1cnc2c3ccc(N4CCC(F)(F)CC4)c(F)c3n([C@H](c3ncccc3F)C3CCOCC3)c2c1. The van der Waals surface area contributed by atoms with E-state index in [1.807, 2.05) is 29.2 Å². The summed E-state index contributed by atoms with van der Waals surface area (Å²) in [4.78, 5) is 15.4. The van der Waals surface area contributed by atoms with E-state index in [0.717, 1.165) is 17.0 Å². The Morgan fingerprint density at radius 3 is 2.49 bits per heavy atom. The Bertz CT molecular complexity index is 1800. The van der Waals surface area contributed by atoms with Crippen LogP contribution in [0.4, 0.5) is 23.2 Å². The number of aryl methyl sites for hydroxylation is 2. The van der Waals surface area contributed by atoms with Gasteiger partial charge in [-0.1, -0.05) is 0 Å². The van der Waals surface area contributed by atoms with Crippen LogP contribution in [-0.4, -0.2) is 56.3 Å². The van der Waals surface area contributed by atoms with Crippen LogP contribution in [0.2, 0.25) is 0 Å². The number of ether oxygens (including phenoxy) is 1. The zero-order chi connectivity index (χ0) is 29.9. The summed E-state index contributed by atoms with van der Waals surface area (Å²) in [5.41, 5.74) is 4.42. The molecule has 1 aromatic carbocycles. The van der Waals surface area contributed by atoms with Crippen LogP contribution in [-0.2, 0) is 11.8 Å². The van der Waals surface area contributed by atoms with E-state index in [-0.39, 0.29) is 48.7 Å². The minimum atomic E-state index is -2.76. The first-order chi connectivity index (χ1) is 20.7. The molecule has 4 aromatic heterocycles. The number of fused-ring (bicyclic) bond motifs is 3. The Morgan fingerprint density at radius 2 is 1.79 bits per heavy atom. The molecule has 0 saturated carbocycles. The van der Waals surface area contributed by atoms with E-state index in [4.69, 9.17) is 9.72 Å². The van der Waals surface area contributed by atoms with Crippen molar-refractivity contribution in [3.63, 3.8) is 0 Å². The molecule has 2 aliphatic heterocycles. The van der Waals surface area contributed by atoms with Crippen molar-refractivity contribution in [1.82, 2.24) is 24.1 Å². The first-order valence-electron chi connectivity index (χ1n) is 14.6. The summed E-state index contributed by atoms with van der Waals surface area (Å²) in [6.45, 7) is 2.99. The standard InChI is InChI=1S/C32H32F4N6O/c1-19-29(40(2)18-39-19)21-16-25-27(38-17-21)22-5-6-24(41-12-9-32(35,36)10-13-41)26(34)31(22)42(25)30(20-7-14-43-15-8-20)28-23(33)4-3-11-37-28/h3-6,11,16-18,20,30H,7-10,12-15H2,1-2H3/t30-/m0/s1. The maximum atomic E-state index is 17.0. The van der Waals surface area contributed by atoms with E-state index in [1.54, 1.807) is 41.8 Å². The first-order valence-corrected chi connectivity index (χ1v) is 14.6. The molecule has 0 radical (unpaired) electrons. The number of halogens is 4. The fraction of sp³-hybridized carbons (Fsp3) is 0.406. The maximum Gasteiger partial charge on any atom is 0.251 e. The quantitative estimate of drug-likeness (QED) is 0.210. The Balaban J connectivity index is 1.53. The molecule has 7 nitrogen and oxygen atoms in total. The van der Waals surface area contributed by atoms with Crippen LogP contribution in [0.3, 0.4) is 0 Å². The summed E-state index contributed by atoms with van der Waals surface area (Å²) in [6.07, 6.45) is 5.62. The van der Waals surface area contributed by atoms with E-state index in [9.17, 15) is 8.78 Å². The largest absolute Gasteiger partial charge is 0.381 e. The van der Waals surface area contributed by atoms with Gasteiger partial charge >= 0.3 is 0 Å². The monoisotopic (exact) mass is 592 g/mol. The Labute approximate surface area is 246 Å². The second-order valence-electron chi connectivity index (χ2n) is 11.7. The Hall–Kier alpha value is -3.99. The molecule has 0 N–H and O–H groups in total. The fourth-order valence-corrected chi connectivity index (χ4v) is 6.85. The highest BCUT2D eigenvalue weighted by atomic mass is 19.3. The second-order valence-corrected chi connectivity index (χ2v) is 11.7.